The molecule has 4 rings (SSSR count). The van der Waals surface area contributed by atoms with Gasteiger partial charge < -0.3 is 18.6 Å². The third kappa shape index (κ3) is 2.37. The number of fused-ring (bicyclic) bond motifs is 1. The van der Waals surface area contributed by atoms with Crippen LogP contribution in [0.4, 0.5) is 0 Å². The second kappa shape index (κ2) is 5.16. The van der Waals surface area contributed by atoms with Gasteiger partial charge >= 0.3 is 5.97 Å². The molecule has 0 spiro atoms. The summed E-state index contributed by atoms with van der Waals surface area (Å²) in [7, 11) is 0. The Morgan fingerprint density at radius 1 is 1.14 bits per heavy atom. The summed E-state index contributed by atoms with van der Waals surface area (Å²) in [5.41, 5.74) is 0.841. The van der Waals surface area contributed by atoms with Crippen molar-refractivity contribution in [3.05, 3.63) is 51.1 Å². The van der Waals surface area contributed by atoms with Gasteiger partial charge in [-0.25, -0.2) is 9.79 Å². The Morgan fingerprint density at radius 2 is 2.00 bits per heavy atom. The minimum atomic E-state index is -0.515. The molecular weight excluding hydrogens is 401 g/mol. The van der Waals surface area contributed by atoms with Crippen LogP contribution in [-0.2, 0) is 9.53 Å². The predicted octanol–water partition coefficient (Wildman–Crippen LogP) is 2.96. The number of halogens is 1. The van der Waals surface area contributed by atoms with E-state index in [-0.39, 0.29) is 18.4 Å². The minimum Gasteiger partial charge on any atom is -0.454 e. The molecule has 0 N–H and O–H groups in total. The van der Waals surface area contributed by atoms with Crippen LogP contribution < -0.4 is 9.47 Å². The Kier molecular flexibility index (Phi) is 3.14. The van der Waals surface area contributed by atoms with Gasteiger partial charge in [0.15, 0.2) is 21.0 Å². The maximum atomic E-state index is 11.9. The van der Waals surface area contributed by atoms with Gasteiger partial charge in [-0.2, -0.15) is 0 Å². The van der Waals surface area contributed by atoms with Crippen molar-refractivity contribution in [1.29, 1.82) is 0 Å². The molecule has 0 aliphatic carbocycles. The van der Waals surface area contributed by atoms with E-state index in [2.05, 4.69) is 4.99 Å². The molecule has 0 saturated carbocycles. The molecule has 2 aliphatic heterocycles. The van der Waals surface area contributed by atoms with Crippen LogP contribution in [0.15, 0.2) is 45.4 Å². The molecule has 0 amide bonds. The topological polar surface area (TPSA) is 70.3 Å². The molecule has 6 nitrogen and oxygen atoms in total. The summed E-state index contributed by atoms with van der Waals surface area (Å²) in [6, 6.07) is 8.81. The molecule has 2 aliphatic rings. The first kappa shape index (κ1) is 13.4. The molecule has 1 aromatic carbocycles. The lowest BCUT2D eigenvalue weighted by Gasteiger charge is -2.01. The number of nitrogens with zero attached hydrogens (tertiary/aromatic N) is 1. The Morgan fingerprint density at radius 3 is 2.82 bits per heavy atom. The number of rotatable bonds is 2. The van der Waals surface area contributed by atoms with Crippen LogP contribution in [0.5, 0.6) is 11.5 Å². The summed E-state index contributed by atoms with van der Waals surface area (Å²) in [5.74, 6) is 1.53. The molecule has 0 atom stereocenters. The lowest BCUT2D eigenvalue weighted by atomic mass is 10.2. The second-order valence-corrected chi connectivity index (χ2v) is 5.61. The summed E-state index contributed by atoms with van der Waals surface area (Å²) in [6.45, 7) is 0.188. The van der Waals surface area contributed by atoms with Gasteiger partial charge in [-0.05, 0) is 52.9 Å². The van der Waals surface area contributed by atoms with Crippen LogP contribution in [0.1, 0.15) is 11.3 Å². The number of hydrogen-bond donors (Lipinski definition) is 0. The summed E-state index contributed by atoms with van der Waals surface area (Å²) in [5, 5.41) is 0. The number of furan rings is 1. The van der Waals surface area contributed by atoms with E-state index in [0.717, 1.165) is 3.77 Å². The van der Waals surface area contributed by atoms with Crippen molar-refractivity contribution in [2.45, 2.75) is 0 Å². The van der Waals surface area contributed by atoms with Gasteiger partial charge in [0.1, 0.15) is 5.76 Å². The molecule has 0 unspecified atom stereocenters. The smallest absolute Gasteiger partial charge is 0.363 e. The highest BCUT2D eigenvalue weighted by Crippen LogP contribution is 2.33. The molecule has 0 radical (unpaired) electrons. The minimum absolute atomic E-state index is 0.188. The van der Waals surface area contributed by atoms with E-state index >= 15 is 0 Å². The van der Waals surface area contributed by atoms with Gasteiger partial charge in [0.25, 0.3) is 0 Å². The highest BCUT2D eigenvalue weighted by molar-refractivity contribution is 14.1. The Bertz CT molecular complexity index is 836. The normalized spacial score (nSPS) is 17.8. The van der Waals surface area contributed by atoms with E-state index in [1.165, 1.54) is 0 Å². The summed E-state index contributed by atoms with van der Waals surface area (Å²) in [6.07, 6.45) is 1.55. The fourth-order valence-electron chi connectivity index (χ4n) is 2.10. The number of benzene rings is 1. The molecule has 1 aromatic heterocycles. The van der Waals surface area contributed by atoms with Crippen molar-refractivity contribution in [3.63, 3.8) is 0 Å². The van der Waals surface area contributed by atoms with Crippen molar-refractivity contribution in [3.8, 4) is 11.5 Å². The molecule has 0 fully saturated rings. The number of ether oxygens (including phenoxy) is 3. The number of cyclic esters (lactones) is 1. The van der Waals surface area contributed by atoms with Gasteiger partial charge in [0, 0.05) is 11.6 Å². The van der Waals surface area contributed by atoms with E-state index in [1.54, 1.807) is 36.4 Å². The van der Waals surface area contributed by atoms with E-state index in [1.807, 2.05) is 22.6 Å². The lowest BCUT2D eigenvalue weighted by Crippen LogP contribution is -2.05. The molecule has 110 valence electrons. The molecule has 3 heterocycles. The van der Waals surface area contributed by atoms with Gasteiger partial charge in [0.05, 0.1) is 0 Å². The number of carbonyl (C=O) groups is 1. The van der Waals surface area contributed by atoms with Crippen LogP contribution in [0.2, 0.25) is 0 Å². The van der Waals surface area contributed by atoms with Crippen LogP contribution in [0.3, 0.4) is 0 Å². The summed E-state index contributed by atoms with van der Waals surface area (Å²) in [4.78, 5) is 16.1. The van der Waals surface area contributed by atoms with Crippen molar-refractivity contribution in [2.24, 2.45) is 4.99 Å². The van der Waals surface area contributed by atoms with Gasteiger partial charge in [-0.3, -0.25) is 0 Å². The predicted molar refractivity (Wildman–Crippen MR) is 84.6 cm³/mol. The molecule has 22 heavy (non-hydrogen) atoms. The molecular formula is C15H8INO5. The first-order valence-electron chi connectivity index (χ1n) is 6.37. The van der Waals surface area contributed by atoms with Crippen molar-refractivity contribution < 1.29 is 23.4 Å². The number of carbonyl (C=O) groups excluding carboxylic acids is 1. The van der Waals surface area contributed by atoms with Crippen LogP contribution >= 0.6 is 22.6 Å². The first-order chi connectivity index (χ1) is 10.7. The quantitative estimate of drug-likeness (QED) is 0.434. The zero-order chi connectivity index (χ0) is 15.1. The van der Waals surface area contributed by atoms with Crippen LogP contribution in [0.25, 0.3) is 6.08 Å². The van der Waals surface area contributed by atoms with E-state index < -0.39 is 5.97 Å². The maximum Gasteiger partial charge on any atom is 0.363 e. The molecule has 0 bridgehead atoms. The number of esters is 1. The zero-order valence-corrected chi connectivity index (χ0v) is 13.2. The fourth-order valence-corrected chi connectivity index (χ4v) is 2.54. The average molecular weight is 409 g/mol. The Balaban J connectivity index is 1.67. The Labute approximate surface area is 138 Å². The van der Waals surface area contributed by atoms with Crippen LogP contribution in [-0.4, -0.2) is 18.7 Å². The molecule has 2 aromatic rings. The van der Waals surface area contributed by atoms with E-state index in [0.29, 0.717) is 22.8 Å². The SMILES string of the molecule is O=C1OC(c2ccc3c(c2)OCO3)=N/C1=C/c1ccc(I)o1. The largest absolute Gasteiger partial charge is 0.454 e. The standard InChI is InChI=1S/C15H8INO5/c16-13-4-2-9(21-13)6-10-15(18)22-14(17-10)8-1-3-11-12(5-8)20-7-19-11/h1-6H,7H2/b10-6+. The lowest BCUT2D eigenvalue weighted by molar-refractivity contribution is -0.129. The van der Waals surface area contributed by atoms with Gasteiger partial charge in [0.2, 0.25) is 12.7 Å². The number of hydrogen-bond acceptors (Lipinski definition) is 6. The van der Waals surface area contributed by atoms with Crippen LogP contribution in [0, 0.1) is 3.77 Å². The third-order valence-electron chi connectivity index (χ3n) is 3.11. The Hall–Kier alpha value is -2.29. The van der Waals surface area contributed by atoms with Crippen molar-refractivity contribution in [2.75, 3.05) is 6.79 Å². The van der Waals surface area contributed by atoms with E-state index in [4.69, 9.17) is 18.6 Å². The zero-order valence-electron chi connectivity index (χ0n) is 11.0. The average Bonchev–Trinajstić information content (AvgIpc) is 3.20. The van der Waals surface area contributed by atoms with E-state index in [9.17, 15) is 4.79 Å². The van der Waals surface area contributed by atoms with Gasteiger partial charge in [-0.15, -0.1) is 0 Å². The van der Waals surface area contributed by atoms with Crippen molar-refractivity contribution in [1.82, 2.24) is 0 Å². The summed E-state index contributed by atoms with van der Waals surface area (Å²) >= 11 is 2.05. The van der Waals surface area contributed by atoms with Gasteiger partial charge in [-0.1, -0.05) is 0 Å². The number of aliphatic imine (C=N–C) groups is 1. The monoisotopic (exact) mass is 409 g/mol. The molecule has 7 heteroatoms. The highest BCUT2D eigenvalue weighted by atomic mass is 127. The first-order valence-corrected chi connectivity index (χ1v) is 7.45. The molecule has 0 saturated heterocycles. The van der Waals surface area contributed by atoms with Crippen molar-refractivity contribution >= 4 is 40.5 Å². The summed E-state index contributed by atoms with van der Waals surface area (Å²) < 4.78 is 21.9. The maximum absolute atomic E-state index is 11.9. The fraction of sp³-hybridized carbons (Fsp3) is 0.0667. The second-order valence-electron chi connectivity index (χ2n) is 4.55. The highest BCUT2D eigenvalue weighted by Gasteiger charge is 2.26. The third-order valence-corrected chi connectivity index (χ3v) is 3.69.